The monoisotopic (exact) mass is 164 g/mol. The predicted molar refractivity (Wildman–Crippen MR) is 33.5 cm³/mol. The van der Waals surface area contributed by atoms with Gasteiger partial charge < -0.3 is 0 Å². The minimum atomic E-state index is -0.740. The van der Waals surface area contributed by atoms with Gasteiger partial charge >= 0.3 is 6.03 Å². The minimum absolute atomic E-state index is 0. The summed E-state index contributed by atoms with van der Waals surface area (Å²) in [6, 6.07) is -0.740. The summed E-state index contributed by atoms with van der Waals surface area (Å²) in [5.41, 5.74) is 0. The van der Waals surface area contributed by atoms with Crippen LogP contribution in [0.4, 0.5) is 4.79 Å². The Morgan fingerprint density at radius 1 is 1.00 bits per heavy atom. The van der Waals surface area contributed by atoms with Crippen LogP contribution in [-0.4, -0.2) is 17.8 Å². The number of imide groups is 2. The highest BCUT2D eigenvalue weighted by Gasteiger charge is 2.20. The number of nitrogens with one attached hydrogen (secondary N) is 2. The van der Waals surface area contributed by atoms with Gasteiger partial charge in [-0.3, -0.25) is 20.2 Å². The van der Waals surface area contributed by atoms with E-state index in [1.54, 1.807) is 0 Å². The summed E-state index contributed by atoms with van der Waals surface area (Å²) in [5, 5.41) is 3.80. The van der Waals surface area contributed by atoms with Gasteiger partial charge in [0.25, 0.3) is 0 Å². The van der Waals surface area contributed by atoms with E-state index in [0.717, 1.165) is 0 Å². The molecule has 6 heteroatoms. The predicted octanol–water partition coefficient (Wildman–Crippen LogP) is -0.836. The Morgan fingerprint density at radius 2 is 1.40 bits per heavy atom. The van der Waals surface area contributed by atoms with Crippen LogP contribution >= 0.6 is 12.4 Å². The van der Waals surface area contributed by atoms with Gasteiger partial charge in [-0.05, 0) is 0 Å². The van der Waals surface area contributed by atoms with Gasteiger partial charge in [-0.25, -0.2) is 4.79 Å². The molecule has 0 bridgehead atoms. The first kappa shape index (κ1) is 8.90. The second kappa shape index (κ2) is 3.17. The molecule has 56 valence electrons. The van der Waals surface area contributed by atoms with Crippen LogP contribution in [0.5, 0.6) is 0 Å². The lowest BCUT2D eigenvalue weighted by Crippen LogP contribution is -2.49. The second-order valence-electron chi connectivity index (χ2n) is 1.60. The molecular weight excluding hydrogens is 160 g/mol. The number of halogens is 1. The third kappa shape index (κ3) is 2.02. The summed E-state index contributed by atoms with van der Waals surface area (Å²) in [7, 11) is 0. The molecule has 0 aliphatic carbocycles. The minimum Gasteiger partial charge on any atom is -0.277 e. The van der Waals surface area contributed by atoms with Gasteiger partial charge in [-0.2, -0.15) is 0 Å². The molecule has 4 amide bonds. The standard InChI is InChI=1S/C4H4N2O3.ClH/c7-2-1-3(8)6-4(9)5-2;/h1H2,(H2,5,6,7,8,9);1H. The molecule has 0 atom stereocenters. The van der Waals surface area contributed by atoms with Crippen molar-refractivity contribution in [2.45, 2.75) is 6.42 Å². The van der Waals surface area contributed by atoms with E-state index in [1.807, 2.05) is 10.6 Å². The van der Waals surface area contributed by atoms with Gasteiger partial charge in [0.1, 0.15) is 6.42 Å². The molecule has 5 nitrogen and oxygen atoms in total. The van der Waals surface area contributed by atoms with Gasteiger partial charge in [-0.15, -0.1) is 12.4 Å². The molecular formula is C4H5ClN2O3. The van der Waals surface area contributed by atoms with E-state index in [1.165, 1.54) is 0 Å². The number of amides is 4. The Kier molecular flexibility index (Phi) is 2.82. The van der Waals surface area contributed by atoms with Crippen LogP contribution in [0, 0.1) is 0 Å². The number of barbiturate groups is 1. The van der Waals surface area contributed by atoms with Crippen molar-refractivity contribution in [2.24, 2.45) is 0 Å². The molecule has 0 radical (unpaired) electrons. The van der Waals surface area contributed by atoms with Crippen LogP contribution in [-0.2, 0) is 9.59 Å². The molecule has 0 aromatic rings. The van der Waals surface area contributed by atoms with Crippen LogP contribution in [0.1, 0.15) is 6.42 Å². The lowest BCUT2D eigenvalue weighted by atomic mass is 10.3. The molecule has 0 spiro atoms. The quantitative estimate of drug-likeness (QED) is 0.459. The van der Waals surface area contributed by atoms with Gasteiger partial charge in [0.15, 0.2) is 0 Å². The fourth-order valence-electron chi connectivity index (χ4n) is 0.519. The summed E-state index contributed by atoms with van der Waals surface area (Å²) in [4.78, 5) is 30.8. The number of carbonyl (C=O) groups is 3. The average molecular weight is 165 g/mol. The summed E-state index contributed by atoms with van der Waals surface area (Å²) in [5.74, 6) is -1.10. The largest absolute Gasteiger partial charge is 0.328 e. The average Bonchev–Trinajstić information content (AvgIpc) is 1.59. The first-order valence-corrected chi connectivity index (χ1v) is 2.32. The number of hydrogen-bond acceptors (Lipinski definition) is 3. The van der Waals surface area contributed by atoms with Crippen molar-refractivity contribution in [3.05, 3.63) is 0 Å². The molecule has 0 saturated carbocycles. The summed E-state index contributed by atoms with van der Waals surface area (Å²) >= 11 is 0. The van der Waals surface area contributed by atoms with Crippen molar-refractivity contribution < 1.29 is 14.4 Å². The lowest BCUT2D eigenvalue weighted by Gasteiger charge is -2.09. The van der Waals surface area contributed by atoms with Crippen molar-refractivity contribution in [3.8, 4) is 0 Å². The number of rotatable bonds is 0. The highest BCUT2D eigenvalue weighted by molar-refractivity contribution is 6.14. The molecule has 1 aliphatic rings. The van der Waals surface area contributed by atoms with E-state index >= 15 is 0 Å². The van der Waals surface area contributed by atoms with Gasteiger partial charge in [0.2, 0.25) is 11.8 Å². The Hall–Kier alpha value is -1.10. The third-order valence-electron chi connectivity index (χ3n) is 0.827. The van der Waals surface area contributed by atoms with Gasteiger partial charge in [-0.1, -0.05) is 0 Å². The topological polar surface area (TPSA) is 75.3 Å². The van der Waals surface area contributed by atoms with E-state index in [-0.39, 0.29) is 18.8 Å². The molecule has 10 heavy (non-hydrogen) atoms. The van der Waals surface area contributed by atoms with Crippen molar-refractivity contribution in [1.82, 2.24) is 10.6 Å². The van der Waals surface area contributed by atoms with E-state index in [2.05, 4.69) is 0 Å². The highest BCUT2D eigenvalue weighted by Crippen LogP contribution is 1.85. The Morgan fingerprint density at radius 3 is 1.70 bits per heavy atom. The van der Waals surface area contributed by atoms with Crippen molar-refractivity contribution in [3.63, 3.8) is 0 Å². The maximum atomic E-state index is 10.3. The smallest absolute Gasteiger partial charge is 0.277 e. The van der Waals surface area contributed by atoms with E-state index < -0.39 is 17.8 Å². The zero-order chi connectivity index (χ0) is 6.85. The molecule has 1 saturated heterocycles. The van der Waals surface area contributed by atoms with Crippen LogP contribution in [0.3, 0.4) is 0 Å². The zero-order valence-electron chi connectivity index (χ0n) is 4.84. The number of carbonyl (C=O) groups excluding carboxylic acids is 3. The van der Waals surface area contributed by atoms with Crippen LogP contribution < -0.4 is 10.6 Å². The SMILES string of the molecule is Cl.O=C1CC(=O)NC(=O)N1. The fourth-order valence-corrected chi connectivity index (χ4v) is 0.519. The van der Waals surface area contributed by atoms with Gasteiger partial charge in [0, 0.05) is 0 Å². The molecule has 2 N–H and O–H groups in total. The van der Waals surface area contributed by atoms with Crippen LogP contribution in [0.25, 0.3) is 0 Å². The maximum Gasteiger partial charge on any atom is 0.328 e. The first-order valence-electron chi connectivity index (χ1n) is 2.32. The fraction of sp³-hybridized carbons (Fsp3) is 0.250. The van der Waals surface area contributed by atoms with E-state index in [9.17, 15) is 14.4 Å². The maximum absolute atomic E-state index is 10.3. The molecule has 0 aromatic carbocycles. The third-order valence-corrected chi connectivity index (χ3v) is 0.827. The summed E-state index contributed by atoms with van der Waals surface area (Å²) < 4.78 is 0. The number of urea groups is 1. The van der Waals surface area contributed by atoms with E-state index in [4.69, 9.17) is 0 Å². The summed E-state index contributed by atoms with van der Waals surface area (Å²) in [6.45, 7) is 0. The Bertz CT molecular complexity index is 146. The highest BCUT2D eigenvalue weighted by atomic mass is 35.5. The zero-order valence-corrected chi connectivity index (χ0v) is 5.66. The number of hydrogen-bond donors (Lipinski definition) is 2. The summed E-state index contributed by atoms with van der Waals surface area (Å²) in [6.07, 6.45) is -0.258. The molecule has 1 aliphatic heterocycles. The molecule has 1 rings (SSSR count). The van der Waals surface area contributed by atoms with Gasteiger partial charge in [0.05, 0.1) is 0 Å². The molecule has 1 fully saturated rings. The first-order chi connectivity index (χ1) is 4.18. The normalized spacial score (nSPS) is 17.0. The van der Waals surface area contributed by atoms with Crippen molar-refractivity contribution >= 4 is 30.3 Å². The Balaban J connectivity index is 0.000000810. The van der Waals surface area contributed by atoms with Crippen molar-refractivity contribution in [1.29, 1.82) is 0 Å². The molecule has 1 heterocycles. The van der Waals surface area contributed by atoms with Crippen LogP contribution in [0.15, 0.2) is 0 Å². The van der Waals surface area contributed by atoms with E-state index in [0.29, 0.717) is 0 Å². The molecule has 0 aromatic heterocycles. The van der Waals surface area contributed by atoms with Crippen molar-refractivity contribution in [2.75, 3.05) is 0 Å². The lowest BCUT2D eigenvalue weighted by molar-refractivity contribution is -0.129. The Labute approximate surface area is 62.6 Å². The van der Waals surface area contributed by atoms with Crippen LogP contribution in [0.2, 0.25) is 0 Å². The molecule has 0 unspecified atom stereocenters. The second-order valence-corrected chi connectivity index (χ2v) is 1.60.